The Hall–Kier alpha value is -2.44. The number of aryl methyl sites for hydroxylation is 2. The number of allylic oxidation sites excluding steroid dienone is 4. The molecule has 588 valence electrons. The summed E-state index contributed by atoms with van der Waals surface area (Å²) in [6, 6.07) is 29.8. The Labute approximate surface area is 675 Å². The van der Waals surface area contributed by atoms with Gasteiger partial charge in [-0.25, -0.2) is 12.2 Å². The van der Waals surface area contributed by atoms with Crippen molar-refractivity contribution < 1.29 is 49.0 Å². The summed E-state index contributed by atoms with van der Waals surface area (Å²) >= 11 is 1.73. The third-order valence-corrected chi connectivity index (χ3v) is 23.9. The maximum atomic E-state index is 2.99. The Morgan fingerprint density at radius 3 is 0.750 bits per heavy atom. The van der Waals surface area contributed by atoms with Crippen molar-refractivity contribution in [1.82, 2.24) is 0 Å². The normalized spacial score (nSPS) is 12.0. The van der Waals surface area contributed by atoms with Gasteiger partial charge in [-0.05, 0) is 69.2 Å². The van der Waals surface area contributed by atoms with Crippen LogP contribution >= 0.6 is 0 Å². The number of unbranched alkanes of at least 4 members (excludes halogenated alkanes) is 54. The van der Waals surface area contributed by atoms with Gasteiger partial charge in [0.05, 0.1) is 0 Å². The average Bonchev–Trinajstić information content (AvgIpc) is 1.56. The summed E-state index contributed by atoms with van der Waals surface area (Å²) in [6.45, 7) is 23.1. The summed E-state index contributed by atoms with van der Waals surface area (Å²) in [6.07, 6.45) is 96.1. The Balaban J connectivity index is 0.000000724. The summed E-state index contributed by atoms with van der Waals surface area (Å²) in [4.78, 5) is 0. The molecule has 3 heteroatoms. The van der Waals surface area contributed by atoms with Crippen LogP contribution in [0.25, 0.3) is 43.8 Å². The Morgan fingerprint density at radius 1 is 0.327 bits per heavy atom. The third-order valence-electron chi connectivity index (χ3n) is 22.7. The van der Waals surface area contributed by atoms with Crippen molar-refractivity contribution in [3.8, 4) is 22.3 Å². The molecule has 0 aromatic heterocycles. The smallest absolute Gasteiger partial charge is 1.00 e. The van der Waals surface area contributed by atoms with E-state index >= 15 is 0 Å². The van der Waals surface area contributed by atoms with Crippen molar-refractivity contribution in [2.24, 2.45) is 0 Å². The van der Waals surface area contributed by atoms with Crippen LogP contribution in [-0.4, -0.2) is 3.21 Å². The fourth-order valence-electron chi connectivity index (χ4n) is 16.0. The molecule has 5 aromatic carbocycles. The molecule has 0 atom stereocenters. The summed E-state index contributed by atoms with van der Waals surface area (Å²) in [5.41, 5.74) is 10.9. The van der Waals surface area contributed by atoms with Gasteiger partial charge in [0.25, 0.3) is 0 Å². The van der Waals surface area contributed by atoms with Crippen LogP contribution in [0.4, 0.5) is 0 Å². The molecular weight excluding hydrogens is 1380 g/mol. The summed E-state index contributed by atoms with van der Waals surface area (Å²) < 4.78 is 1.88. The van der Waals surface area contributed by atoms with Crippen LogP contribution in [0.2, 0.25) is 0 Å². The molecule has 0 fully saturated rings. The van der Waals surface area contributed by atoms with Crippen molar-refractivity contribution in [2.75, 3.05) is 0 Å². The molecule has 0 saturated heterocycles. The van der Waals surface area contributed by atoms with E-state index in [1.165, 1.54) is 438 Å². The maximum absolute atomic E-state index is 2.99. The molecule has 104 heavy (non-hydrogen) atoms. The van der Waals surface area contributed by atoms with Gasteiger partial charge in [-0.15, -0.1) is 46.2 Å². The SMILES string of the molecule is CCCCCCCCCCCCCCCCCCCCCCCCCCCCCC[C](=[Zr+2])CCCCCCCCCCCCCCCCCCCCCCCCCCCCCC.Cc1ccccc1-c1cc2[cH-]c3cc(-c4ccccc4C)c(C(C)(C)C)cc3c2cc1C(C)(C)C.[C-]1=CC=CC1.[Cl-].[Cl-]. The van der Waals surface area contributed by atoms with Gasteiger partial charge >= 0.3 is 169 Å². The minimum atomic E-state index is 0. The molecule has 0 heterocycles. The van der Waals surface area contributed by atoms with Crippen LogP contribution in [0, 0.1) is 19.9 Å². The van der Waals surface area contributed by atoms with E-state index in [-0.39, 0.29) is 35.6 Å². The number of fused-ring (bicyclic) bond motifs is 3. The van der Waals surface area contributed by atoms with Crippen LogP contribution < -0.4 is 24.8 Å². The molecule has 0 aliphatic heterocycles. The van der Waals surface area contributed by atoms with Crippen LogP contribution in [0.3, 0.4) is 0 Å². The number of halogens is 2. The van der Waals surface area contributed by atoms with Gasteiger partial charge in [-0.2, -0.15) is 6.08 Å². The van der Waals surface area contributed by atoms with Crippen molar-refractivity contribution >= 4 is 24.8 Å². The van der Waals surface area contributed by atoms with Gasteiger partial charge in [-0.1, -0.05) is 347 Å². The van der Waals surface area contributed by atoms with Crippen LogP contribution in [0.5, 0.6) is 0 Å². The van der Waals surface area contributed by atoms with E-state index in [4.69, 9.17) is 0 Å². The molecule has 5 aromatic rings. The number of benzene rings is 4. The first-order valence-corrected chi connectivity index (χ1v) is 46.1. The molecule has 0 N–H and O–H groups in total. The molecular formula is C101H164Cl2Zr-2. The van der Waals surface area contributed by atoms with Crippen molar-refractivity contribution in [1.29, 1.82) is 0 Å². The van der Waals surface area contributed by atoms with E-state index in [1.807, 2.05) is 15.4 Å². The fourth-order valence-corrected chi connectivity index (χ4v) is 16.9. The van der Waals surface area contributed by atoms with Crippen LogP contribution in [0.15, 0.2) is 97.1 Å². The Morgan fingerprint density at radius 2 is 0.558 bits per heavy atom. The fraction of sp³-hybridized carbons (Fsp3) is 0.703. The summed E-state index contributed by atoms with van der Waals surface area (Å²) in [5.74, 6) is 0. The van der Waals surface area contributed by atoms with E-state index in [9.17, 15) is 0 Å². The van der Waals surface area contributed by atoms with Gasteiger partial charge in [0, 0.05) is 0 Å². The second-order valence-corrected chi connectivity index (χ2v) is 36.2. The molecule has 0 amide bonds. The van der Waals surface area contributed by atoms with Crippen LogP contribution in [-0.2, 0) is 35.1 Å². The van der Waals surface area contributed by atoms with Crippen molar-refractivity contribution in [3.05, 3.63) is 125 Å². The molecule has 6 rings (SSSR count). The summed E-state index contributed by atoms with van der Waals surface area (Å²) in [7, 11) is 0. The van der Waals surface area contributed by atoms with E-state index in [0.29, 0.717) is 0 Å². The molecule has 1 aliphatic carbocycles. The van der Waals surface area contributed by atoms with Crippen molar-refractivity contribution in [3.63, 3.8) is 0 Å². The first-order valence-electron chi connectivity index (χ1n) is 44.9. The molecule has 0 radical (unpaired) electrons. The Bertz CT molecular complexity index is 2690. The molecule has 0 spiro atoms. The average molecular weight is 1540 g/mol. The predicted octanol–water partition coefficient (Wildman–Crippen LogP) is 28.9. The standard InChI is InChI=1S/C61H122.C35H37.C5H5.2ClH.Zr/c1-3-5-7-9-11-13-15-17-19-21-23-25-27-29-31-33-35-37-39-41-43-45-47-49-51-53-55-57-59-61-60-58-56-54-52-50-48-46-44-42-40-38-36-34-32-30-28-26-24-22-20-18-16-14-12-10-8-6-4-2;1-22-13-9-11-15-26(22)30-18-24-17-25-19-31(27-16-12-10-14-23(27)2)33(35(6,7)8)21-29(25)28(24)20-32(30)34(3,4)5;1-2-4-5-3-1;;;/h3-60H2,1-2H3;9-21H,1-8H3;1-3H,4H2;2*1H;/q;2*-1;;;+2/p-2. The first kappa shape index (κ1) is 97.6. The van der Waals surface area contributed by atoms with Gasteiger partial charge in [0.2, 0.25) is 0 Å². The molecule has 1 aliphatic rings. The third kappa shape index (κ3) is 46.3. The molecule has 0 bridgehead atoms. The second-order valence-electron chi connectivity index (χ2n) is 34.4. The topological polar surface area (TPSA) is 0 Å². The van der Waals surface area contributed by atoms with Gasteiger partial charge < -0.3 is 24.8 Å². The van der Waals surface area contributed by atoms with Crippen molar-refractivity contribution in [2.45, 2.75) is 459 Å². The number of hydrogen-bond acceptors (Lipinski definition) is 0. The molecule has 0 unspecified atom stereocenters. The molecule has 0 nitrogen and oxygen atoms in total. The minimum Gasteiger partial charge on any atom is -1.00 e. The number of rotatable bonds is 60. The predicted molar refractivity (Wildman–Crippen MR) is 461 cm³/mol. The monoisotopic (exact) mass is 1540 g/mol. The first-order chi connectivity index (χ1) is 49.8. The van der Waals surface area contributed by atoms with Gasteiger partial charge in [-0.3, -0.25) is 6.08 Å². The zero-order valence-electron chi connectivity index (χ0n) is 70.2. The zero-order chi connectivity index (χ0) is 73.2. The van der Waals surface area contributed by atoms with Crippen LogP contribution in [0.1, 0.15) is 456 Å². The second kappa shape index (κ2) is 64.2. The zero-order valence-corrected chi connectivity index (χ0v) is 74.2. The minimum absolute atomic E-state index is 0. The van der Waals surface area contributed by atoms with E-state index in [2.05, 4.69) is 160 Å². The van der Waals surface area contributed by atoms with Gasteiger partial charge in [0.15, 0.2) is 0 Å². The van der Waals surface area contributed by atoms with Gasteiger partial charge in [0.1, 0.15) is 0 Å². The molecule has 0 saturated carbocycles. The van der Waals surface area contributed by atoms with E-state index in [1.54, 1.807) is 24.2 Å². The number of hydrogen-bond donors (Lipinski definition) is 0. The Kier molecular flexibility index (Phi) is 60.3. The van der Waals surface area contributed by atoms with E-state index < -0.39 is 0 Å². The quantitative estimate of drug-likeness (QED) is 0.0269. The van der Waals surface area contributed by atoms with E-state index in [0.717, 1.165) is 6.42 Å². The summed E-state index contributed by atoms with van der Waals surface area (Å²) in [5, 5.41) is 5.38.